The number of benzene rings is 1. The number of likely N-dealkylation sites (tertiary alicyclic amines) is 1. The predicted molar refractivity (Wildman–Crippen MR) is 191 cm³/mol. The van der Waals surface area contributed by atoms with Crippen molar-refractivity contribution in [2.45, 2.75) is 76.2 Å². The number of carbonyl (C=O) groups excluding carboxylic acids is 7. The Hall–Kier alpha value is -5.17. The number of nitrogens with zero attached hydrogens (tertiary/aromatic N) is 1. The van der Waals surface area contributed by atoms with E-state index in [1.54, 1.807) is 20.0 Å². The monoisotopic (exact) mass is 745 g/mol. The number of carboxylic acids is 1. The fourth-order valence-electron chi connectivity index (χ4n) is 5.73. The van der Waals surface area contributed by atoms with E-state index in [1.165, 1.54) is 0 Å². The Balaban J connectivity index is 1.51. The SMILES string of the molecule is CC[C@H](C)[C@H](NC(=O)CNC(=O)[C@@H](N)Cc1c[nH]c2ccccc12)C(=O)NCC(=O)N[C@@H](CS)C(=O)N[C@@H](CC(N)=O)C(=O)N1CCC[C@H]1C(=O)O. The molecular weight excluding hydrogens is 698 g/mol. The second-order valence-corrected chi connectivity index (χ2v) is 13.0. The Labute approximate surface area is 305 Å². The van der Waals surface area contributed by atoms with Crippen LogP contribution in [0.4, 0.5) is 0 Å². The Bertz CT molecular complexity index is 1650. The molecule has 1 aromatic carbocycles. The normalized spacial score (nSPS) is 16.8. The summed E-state index contributed by atoms with van der Waals surface area (Å²) >= 11 is 4.09. The molecule has 0 radical (unpaired) electrons. The Morgan fingerprint density at radius 2 is 1.62 bits per heavy atom. The van der Waals surface area contributed by atoms with Gasteiger partial charge in [0, 0.05) is 29.4 Å². The number of fused-ring (bicyclic) bond motifs is 1. The Morgan fingerprint density at radius 3 is 2.25 bits per heavy atom. The molecular formula is C33H47N9O9S. The molecule has 1 aromatic heterocycles. The number of nitrogens with one attached hydrogen (secondary N) is 6. The number of hydrogen-bond donors (Lipinski definition) is 10. The molecule has 2 aromatic rings. The van der Waals surface area contributed by atoms with Gasteiger partial charge in [0.15, 0.2) is 0 Å². The average Bonchev–Trinajstić information content (AvgIpc) is 3.77. The van der Waals surface area contributed by atoms with Crippen molar-refractivity contribution < 1.29 is 43.5 Å². The Kier molecular flexibility index (Phi) is 15.4. The number of carboxylic acid groups (broad SMARTS) is 1. The van der Waals surface area contributed by atoms with Crippen molar-refractivity contribution in [2.75, 3.05) is 25.4 Å². The lowest BCUT2D eigenvalue weighted by atomic mass is 9.98. The first-order valence-corrected chi connectivity index (χ1v) is 17.5. The minimum atomic E-state index is -1.48. The summed E-state index contributed by atoms with van der Waals surface area (Å²) in [6, 6.07) is 1.62. The molecule has 3 rings (SSSR count). The number of nitrogens with two attached hydrogens (primary N) is 2. The van der Waals surface area contributed by atoms with Gasteiger partial charge >= 0.3 is 5.97 Å². The van der Waals surface area contributed by atoms with E-state index in [0.717, 1.165) is 21.4 Å². The molecule has 11 N–H and O–H groups in total. The molecule has 1 aliphatic rings. The molecule has 284 valence electrons. The van der Waals surface area contributed by atoms with Gasteiger partial charge in [0.25, 0.3) is 0 Å². The number of carbonyl (C=O) groups is 8. The number of aromatic nitrogens is 1. The number of aromatic amines is 1. The summed E-state index contributed by atoms with van der Waals surface area (Å²) in [5, 5.41) is 22.6. The van der Waals surface area contributed by atoms with Gasteiger partial charge in [0.05, 0.1) is 25.6 Å². The molecule has 52 heavy (non-hydrogen) atoms. The van der Waals surface area contributed by atoms with Crippen LogP contribution in [0.1, 0.15) is 45.1 Å². The molecule has 0 unspecified atom stereocenters. The van der Waals surface area contributed by atoms with Gasteiger partial charge in [-0.2, -0.15) is 12.6 Å². The summed E-state index contributed by atoms with van der Waals surface area (Å²) in [5.41, 5.74) is 13.1. The van der Waals surface area contributed by atoms with Crippen molar-refractivity contribution in [1.82, 2.24) is 36.5 Å². The maximum Gasteiger partial charge on any atom is 0.326 e. The van der Waals surface area contributed by atoms with Crippen LogP contribution < -0.4 is 38.1 Å². The van der Waals surface area contributed by atoms with Gasteiger partial charge in [-0.25, -0.2) is 4.79 Å². The van der Waals surface area contributed by atoms with E-state index < -0.39 is 97.0 Å². The first-order valence-electron chi connectivity index (χ1n) is 16.8. The highest BCUT2D eigenvalue weighted by atomic mass is 32.1. The highest BCUT2D eigenvalue weighted by Crippen LogP contribution is 2.20. The minimum absolute atomic E-state index is 0.112. The smallest absolute Gasteiger partial charge is 0.326 e. The van der Waals surface area contributed by atoms with Gasteiger partial charge in [-0.05, 0) is 36.8 Å². The fraction of sp³-hybridized carbons (Fsp3) is 0.515. The van der Waals surface area contributed by atoms with E-state index in [-0.39, 0.29) is 31.1 Å². The lowest BCUT2D eigenvalue weighted by molar-refractivity contribution is -0.149. The third kappa shape index (κ3) is 11.4. The van der Waals surface area contributed by atoms with E-state index in [0.29, 0.717) is 12.8 Å². The largest absolute Gasteiger partial charge is 0.480 e. The van der Waals surface area contributed by atoms with Crippen LogP contribution in [0.2, 0.25) is 0 Å². The molecule has 1 fully saturated rings. The van der Waals surface area contributed by atoms with Gasteiger partial charge in [-0.3, -0.25) is 33.6 Å². The molecule has 1 aliphatic heterocycles. The van der Waals surface area contributed by atoms with E-state index >= 15 is 0 Å². The van der Waals surface area contributed by atoms with Crippen LogP contribution in [-0.4, -0.2) is 118 Å². The maximum absolute atomic E-state index is 13.1. The highest BCUT2D eigenvalue weighted by Gasteiger charge is 2.39. The summed E-state index contributed by atoms with van der Waals surface area (Å²) in [4.78, 5) is 105. The van der Waals surface area contributed by atoms with Gasteiger partial charge < -0.3 is 53.0 Å². The van der Waals surface area contributed by atoms with E-state index in [4.69, 9.17) is 11.5 Å². The zero-order chi connectivity index (χ0) is 38.5. The van der Waals surface area contributed by atoms with Crippen molar-refractivity contribution in [3.8, 4) is 0 Å². The lowest BCUT2D eigenvalue weighted by Gasteiger charge is -2.28. The maximum atomic E-state index is 13.1. The predicted octanol–water partition coefficient (Wildman–Crippen LogP) is -2.35. The number of primary amides is 1. The molecule has 1 saturated heterocycles. The number of para-hydroxylation sites is 1. The molecule has 0 saturated carbocycles. The summed E-state index contributed by atoms with van der Waals surface area (Å²) < 4.78 is 0. The fourth-order valence-corrected chi connectivity index (χ4v) is 5.99. The summed E-state index contributed by atoms with van der Waals surface area (Å²) in [7, 11) is 0. The van der Waals surface area contributed by atoms with Crippen molar-refractivity contribution in [3.63, 3.8) is 0 Å². The highest BCUT2D eigenvalue weighted by molar-refractivity contribution is 7.80. The van der Waals surface area contributed by atoms with Crippen LogP contribution in [0.5, 0.6) is 0 Å². The van der Waals surface area contributed by atoms with Gasteiger partial charge in [-0.15, -0.1) is 0 Å². The van der Waals surface area contributed by atoms with Crippen molar-refractivity contribution in [3.05, 3.63) is 36.0 Å². The van der Waals surface area contributed by atoms with Crippen molar-refractivity contribution in [2.24, 2.45) is 17.4 Å². The second kappa shape index (κ2) is 19.4. The molecule has 6 atom stereocenters. The van der Waals surface area contributed by atoms with Gasteiger partial charge in [0.2, 0.25) is 41.4 Å². The van der Waals surface area contributed by atoms with E-state index in [2.05, 4.69) is 44.2 Å². The van der Waals surface area contributed by atoms with Crippen LogP contribution in [0.25, 0.3) is 10.9 Å². The van der Waals surface area contributed by atoms with E-state index in [9.17, 15) is 43.5 Å². The first kappa shape index (κ1) is 41.3. The van der Waals surface area contributed by atoms with E-state index in [1.807, 2.05) is 24.3 Å². The second-order valence-electron chi connectivity index (χ2n) is 12.6. The first-order chi connectivity index (χ1) is 24.7. The third-order valence-corrected chi connectivity index (χ3v) is 9.15. The number of aliphatic carboxylic acids is 1. The lowest BCUT2D eigenvalue weighted by Crippen LogP contribution is -2.58. The number of H-pyrrole nitrogens is 1. The number of amides is 7. The zero-order valence-electron chi connectivity index (χ0n) is 29.0. The molecule has 2 heterocycles. The summed E-state index contributed by atoms with van der Waals surface area (Å²) in [5.74, 6) is -7.19. The van der Waals surface area contributed by atoms with Crippen LogP contribution in [0, 0.1) is 5.92 Å². The topological polar surface area (TPSA) is 288 Å². The molecule has 0 aliphatic carbocycles. The summed E-state index contributed by atoms with van der Waals surface area (Å²) in [6.07, 6.45) is 2.49. The van der Waals surface area contributed by atoms with Crippen LogP contribution in [-0.2, 0) is 44.8 Å². The van der Waals surface area contributed by atoms with Crippen molar-refractivity contribution in [1.29, 1.82) is 0 Å². The number of rotatable bonds is 19. The number of hydrogen-bond acceptors (Lipinski definition) is 10. The van der Waals surface area contributed by atoms with Crippen LogP contribution in [0.3, 0.4) is 0 Å². The number of thiol groups is 1. The van der Waals surface area contributed by atoms with Crippen LogP contribution in [0.15, 0.2) is 30.5 Å². The molecule has 0 spiro atoms. The molecule has 18 nitrogen and oxygen atoms in total. The molecule has 0 bridgehead atoms. The standard InChI is InChI=1S/C33H47N9O9S/c1-3-17(2)28(41-27(45)15-37-29(46)20(34)11-18-13-36-21-8-5-4-7-19(18)21)31(48)38-14-26(44)39-23(16-52)30(47)40-22(12-25(35)43)32(49)42-10-6-9-24(42)33(50)51/h4-5,7-8,13,17,20,22-24,28,36,52H,3,6,9-12,14-16,34H2,1-2H3,(H2,35,43)(H,37,46)(H,38,48)(H,39,44)(H,40,47)(H,41,45)(H,50,51)/t17-,20-,22-,23-,24-,28-/m0/s1. The molecule has 7 amide bonds. The average molecular weight is 746 g/mol. The quantitative estimate of drug-likeness (QED) is 0.0684. The van der Waals surface area contributed by atoms with Gasteiger partial charge in [-0.1, -0.05) is 38.5 Å². The Morgan fingerprint density at radius 1 is 0.962 bits per heavy atom. The third-order valence-electron chi connectivity index (χ3n) is 8.78. The van der Waals surface area contributed by atoms with Gasteiger partial charge in [0.1, 0.15) is 24.2 Å². The van der Waals surface area contributed by atoms with Crippen LogP contribution >= 0.6 is 12.6 Å². The van der Waals surface area contributed by atoms with Crippen molar-refractivity contribution >= 4 is 70.9 Å². The zero-order valence-corrected chi connectivity index (χ0v) is 29.9. The molecule has 19 heteroatoms. The summed E-state index contributed by atoms with van der Waals surface area (Å²) in [6.45, 7) is 2.57. The minimum Gasteiger partial charge on any atom is -0.480 e.